The number of amides is 2. The van der Waals surface area contributed by atoms with Gasteiger partial charge in [0.05, 0.1) is 12.6 Å². The lowest BCUT2D eigenvalue weighted by Crippen LogP contribution is -2.42. The summed E-state index contributed by atoms with van der Waals surface area (Å²) in [6.07, 6.45) is 0. The first-order chi connectivity index (χ1) is 9.61. The van der Waals surface area contributed by atoms with Crippen molar-refractivity contribution in [1.82, 2.24) is 10.6 Å². The molecule has 4 nitrogen and oxygen atoms in total. The van der Waals surface area contributed by atoms with Crippen molar-refractivity contribution in [3.8, 4) is 0 Å². The Morgan fingerprint density at radius 2 is 1.86 bits per heavy atom. The van der Waals surface area contributed by atoms with E-state index >= 15 is 0 Å². The van der Waals surface area contributed by atoms with Gasteiger partial charge >= 0.3 is 0 Å². The quantitative estimate of drug-likeness (QED) is 0.889. The van der Waals surface area contributed by atoms with Gasteiger partial charge in [0.15, 0.2) is 0 Å². The molecule has 0 saturated heterocycles. The van der Waals surface area contributed by atoms with Crippen LogP contribution in [0.15, 0.2) is 18.2 Å². The molecule has 0 aliphatic rings. The van der Waals surface area contributed by atoms with Crippen LogP contribution in [0.2, 0.25) is 10.0 Å². The first-order valence-corrected chi connectivity index (χ1v) is 7.39. The Morgan fingerprint density at radius 3 is 2.38 bits per heavy atom. The molecule has 1 rings (SSSR count). The van der Waals surface area contributed by atoms with Gasteiger partial charge in [-0.15, -0.1) is 0 Å². The first kappa shape index (κ1) is 17.8. The van der Waals surface area contributed by atoms with Crippen LogP contribution in [0.1, 0.15) is 39.3 Å². The first-order valence-electron chi connectivity index (χ1n) is 6.64. The van der Waals surface area contributed by atoms with Crippen molar-refractivity contribution >= 4 is 35.0 Å². The van der Waals surface area contributed by atoms with Crippen LogP contribution in [0.3, 0.4) is 0 Å². The van der Waals surface area contributed by atoms with Gasteiger partial charge in [-0.3, -0.25) is 9.59 Å². The molecule has 1 aromatic rings. The number of hydrogen-bond acceptors (Lipinski definition) is 2. The van der Waals surface area contributed by atoms with Crippen molar-refractivity contribution in [1.29, 1.82) is 0 Å². The molecule has 1 atom stereocenters. The third-order valence-corrected chi connectivity index (χ3v) is 3.46. The Morgan fingerprint density at radius 1 is 1.24 bits per heavy atom. The summed E-state index contributed by atoms with van der Waals surface area (Å²) in [6, 6.07) is 4.84. The number of hydrogen-bond donors (Lipinski definition) is 2. The minimum atomic E-state index is -0.522. The fourth-order valence-electron chi connectivity index (χ4n) is 1.65. The Kier molecular flexibility index (Phi) is 6.05. The van der Waals surface area contributed by atoms with E-state index in [0.717, 1.165) is 5.56 Å². The van der Waals surface area contributed by atoms with E-state index in [4.69, 9.17) is 23.2 Å². The molecule has 0 aromatic heterocycles. The van der Waals surface area contributed by atoms with E-state index < -0.39 is 5.41 Å². The number of benzene rings is 1. The molecule has 116 valence electrons. The maximum Gasteiger partial charge on any atom is 0.239 e. The second-order valence-corrected chi connectivity index (χ2v) is 6.73. The van der Waals surface area contributed by atoms with E-state index in [1.54, 1.807) is 39.0 Å². The van der Waals surface area contributed by atoms with Crippen LogP contribution in [0.4, 0.5) is 0 Å². The summed E-state index contributed by atoms with van der Waals surface area (Å²) < 4.78 is 0. The zero-order chi connectivity index (χ0) is 16.2. The molecule has 2 amide bonds. The number of carbonyl (C=O) groups excluding carboxylic acids is 2. The lowest BCUT2D eigenvalue weighted by atomic mass is 9.96. The maximum atomic E-state index is 11.8. The van der Waals surface area contributed by atoms with Gasteiger partial charge in [-0.05, 0) is 24.6 Å². The van der Waals surface area contributed by atoms with E-state index in [0.29, 0.717) is 10.0 Å². The number of nitrogens with one attached hydrogen (secondary N) is 2. The lowest BCUT2D eigenvalue weighted by Gasteiger charge is -2.19. The minimum absolute atomic E-state index is 0.0638. The number of rotatable bonds is 4. The summed E-state index contributed by atoms with van der Waals surface area (Å²) in [5, 5.41) is 6.42. The summed E-state index contributed by atoms with van der Waals surface area (Å²) in [4.78, 5) is 23.5. The van der Waals surface area contributed by atoms with Gasteiger partial charge in [-0.25, -0.2) is 0 Å². The van der Waals surface area contributed by atoms with Crippen LogP contribution < -0.4 is 10.6 Å². The molecule has 6 heteroatoms. The second-order valence-electron chi connectivity index (χ2n) is 5.89. The van der Waals surface area contributed by atoms with E-state index in [9.17, 15) is 9.59 Å². The highest BCUT2D eigenvalue weighted by molar-refractivity contribution is 6.35. The molecule has 0 spiro atoms. The van der Waals surface area contributed by atoms with Gasteiger partial charge in [0, 0.05) is 15.5 Å². The third kappa shape index (κ3) is 5.56. The van der Waals surface area contributed by atoms with Crippen molar-refractivity contribution in [2.75, 3.05) is 6.54 Å². The van der Waals surface area contributed by atoms with Crippen LogP contribution >= 0.6 is 23.2 Å². The van der Waals surface area contributed by atoms with Crippen molar-refractivity contribution < 1.29 is 9.59 Å². The molecule has 0 heterocycles. The normalized spacial score (nSPS) is 12.7. The predicted octanol–water partition coefficient (Wildman–Crippen LogP) is 3.33. The van der Waals surface area contributed by atoms with E-state index in [-0.39, 0.29) is 24.4 Å². The molecule has 21 heavy (non-hydrogen) atoms. The van der Waals surface area contributed by atoms with Crippen LogP contribution in [-0.4, -0.2) is 18.4 Å². The Balaban J connectivity index is 2.57. The third-order valence-electron chi connectivity index (χ3n) is 2.90. The molecule has 1 aromatic carbocycles. The molecule has 0 bridgehead atoms. The van der Waals surface area contributed by atoms with Crippen LogP contribution in [0.25, 0.3) is 0 Å². The lowest BCUT2D eigenvalue weighted by molar-refractivity contribution is -0.131. The summed E-state index contributed by atoms with van der Waals surface area (Å²) >= 11 is 11.9. The minimum Gasteiger partial charge on any atom is -0.348 e. The topological polar surface area (TPSA) is 58.2 Å². The monoisotopic (exact) mass is 330 g/mol. The van der Waals surface area contributed by atoms with Gasteiger partial charge in [0.25, 0.3) is 0 Å². The summed E-state index contributed by atoms with van der Waals surface area (Å²) in [7, 11) is 0. The Hall–Kier alpha value is -1.26. The highest BCUT2D eigenvalue weighted by atomic mass is 35.5. The van der Waals surface area contributed by atoms with Crippen molar-refractivity contribution in [3.63, 3.8) is 0 Å². The molecule has 0 saturated carbocycles. The van der Waals surface area contributed by atoms with Crippen molar-refractivity contribution in [3.05, 3.63) is 33.8 Å². The van der Waals surface area contributed by atoms with Gasteiger partial charge in [-0.2, -0.15) is 0 Å². The molecular formula is C15H20Cl2N2O2. The summed E-state index contributed by atoms with van der Waals surface area (Å²) in [5.41, 5.74) is 0.252. The zero-order valence-electron chi connectivity index (χ0n) is 12.6. The molecule has 0 aliphatic carbocycles. The summed E-state index contributed by atoms with van der Waals surface area (Å²) in [5.74, 6) is -0.444. The van der Waals surface area contributed by atoms with Crippen LogP contribution in [0, 0.1) is 5.41 Å². The van der Waals surface area contributed by atoms with Gasteiger partial charge < -0.3 is 10.6 Å². The van der Waals surface area contributed by atoms with E-state index in [1.165, 1.54) is 0 Å². The number of carbonyl (C=O) groups is 2. The average Bonchev–Trinajstić information content (AvgIpc) is 2.34. The SMILES string of the molecule is CC(NC(=O)CNC(=O)C(C)(C)C)c1ccc(Cl)cc1Cl. The van der Waals surface area contributed by atoms with Crippen LogP contribution in [-0.2, 0) is 9.59 Å². The van der Waals surface area contributed by atoms with Crippen molar-refractivity contribution in [2.45, 2.75) is 33.7 Å². The van der Waals surface area contributed by atoms with Crippen molar-refractivity contribution in [2.24, 2.45) is 5.41 Å². The molecule has 0 radical (unpaired) electrons. The van der Waals surface area contributed by atoms with Gasteiger partial charge in [0.1, 0.15) is 0 Å². The smallest absolute Gasteiger partial charge is 0.239 e. The maximum absolute atomic E-state index is 11.8. The molecule has 2 N–H and O–H groups in total. The Bertz CT molecular complexity index is 539. The predicted molar refractivity (Wildman–Crippen MR) is 85.5 cm³/mol. The molecular weight excluding hydrogens is 311 g/mol. The highest BCUT2D eigenvalue weighted by Crippen LogP contribution is 2.25. The molecule has 0 fully saturated rings. The second kappa shape index (κ2) is 7.14. The molecule has 1 unspecified atom stereocenters. The standard InChI is InChI=1S/C15H20Cl2N2O2/c1-9(11-6-5-10(16)7-12(11)17)19-13(20)8-18-14(21)15(2,3)4/h5-7,9H,8H2,1-4H3,(H,18,21)(H,19,20). The number of halogens is 2. The largest absolute Gasteiger partial charge is 0.348 e. The zero-order valence-corrected chi connectivity index (χ0v) is 14.1. The molecule has 0 aliphatic heterocycles. The Labute approximate surface area is 135 Å². The van der Waals surface area contributed by atoms with Crippen LogP contribution in [0.5, 0.6) is 0 Å². The fourth-order valence-corrected chi connectivity index (χ4v) is 2.22. The summed E-state index contributed by atoms with van der Waals surface area (Å²) in [6.45, 7) is 7.12. The average molecular weight is 331 g/mol. The van der Waals surface area contributed by atoms with E-state index in [2.05, 4.69) is 10.6 Å². The fraction of sp³-hybridized carbons (Fsp3) is 0.467. The van der Waals surface area contributed by atoms with Gasteiger partial charge in [-0.1, -0.05) is 50.0 Å². The van der Waals surface area contributed by atoms with E-state index in [1.807, 2.05) is 6.92 Å². The highest BCUT2D eigenvalue weighted by Gasteiger charge is 2.21. The van der Waals surface area contributed by atoms with Gasteiger partial charge in [0.2, 0.25) is 11.8 Å².